The van der Waals surface area contributed by atoms with E-state index in [2.05, 4.69) is 5.32 Å². The van der Waals surface area contributed by atoms with Gasteiger partial charge >= 0.3 is 0 Å². The van der Waals surface area contributed by atoms with Crippen molar-refractivity contribution >= 4 is 27.5 Å². The molecule has 1 saturated carbocycles. The van der Waals surface area contributed by atoms with E-state index in [0.29, 0.717) is 12.1 Å². The van der Waals surface area contributed by atoms with Crippen molar-refractivity contribution in [2.45, 2.75) is 83.3 Å². The van der Waals surface area contributed by atoms with Crippen LogP contribution in [0.2, 0.25) is 0 Å². The number of amides is 2. The number of nitrogens with one attached hydrogen (secondary N) is 1. The number of aryl methyl sites for hydroxylation is 3. The van der Waals surface area contributed by atoms with E-state index in [-0.39, 0.29) is 23.4 Å². The number of hydrogen-bond acceptors (Lipinski definition) is 4. The van der Waals surface area contributed by atoms with E-state index in [1.54, 1.807) is 41.3 Å². The van der Waals surface area contributed by atoms with E-state index in [1.165, 1.54) is 4.31 Å². The molecule has 0 aliphatic heterocycles. The van der Waals surface area contributed by atoms with Gasteiger partial charge in [-0.3, -0.25) is 13.9 Å². The molecule has 3 aromatic rings. The number of benzene rings is 3. The van der Waals surface area contributed by atoms with E-state index in [4.69, 9.17) is 0 Å². The molecule has 1 aliphatic rings. The van der Waals surface area contributed by atoms with Gasteiger partial charge in [0.2, 0.25) is 11.8 Å². The summed E-state index contributed by atoms with van der Waals surface area (Å²) in [6.07, 6.45) is 4.44. The molecule has 1 atom stereocenters. The Morgan fingerprint density at radius 2 is 1.56 bits per heavy atom. The Hall–Kier alpha value is -3.65. The van der Waals surface area contributed by atoms with Crippen molar-refractivity contribution < 1.29 is 18.0 Å². The zero-order chi connectivity index (χ0) is 29.6. The van der Waals surface area contributed by atoms with Gasteiger partial charge in [-0.05, 0) is 81.0 Å². The standard InChI is InChI=1S/C33H41N3O4S/c1-5-31(33(38)34-28-13-9-10-14-28)35(22-27-11-7-6-8-12-27)32(37)23-36(29-18-17-25(3)26(4)21-29)41(39,40)30-19-15-24(2)16-20-30/h6-8,11-12,15-21,28,31H,5,9-10,13-14,22-23H2,1-4H3,(H,34,38)/t31-/m0/s1. The van der Waals surface area contributed by atoms with Crippen LogP contribution in [-0.2, 0) is 26.2 Å². The second-order valence-electron chi connectivity index (χ2n) is 11.0. The average Bonchev–Trinajstić information content (AvgIpc) is 3.47. The molecule has 7 nitrogen and oxygen atoms in total. The predicted molar refractivity (Wildman–Crippen MR) is 163 cm³/mol. The highest BCUT2D eigenvalue weighted by Gasteiger charge is 2.34. The highest BCUT2D eigenvalue weighted by Crippen LogP contribution is 2.27. The van der Waals surface area contributed by atoms with Gasteiger partial charge in [0.15, 0.2) is 0 Å². The van der Waals surface area contributed by atoms with Gasteiger partial charge in [0.25, 0.3) is 10.0 Å². The molecule has 0 unspecified atom stereocenters. The fourth-order valence-electron chi connectivity index (χ4n) is 5.31. The molecule has 0 saturated heterocycles. The van der Waals surface area contributed by atoms with Gasteiger partial charge < -0.3 is 10.2 Å². The van der Waals surface area contributed by atoms with Crippen LogP contribution in [0.4, 0.5) is 5.69 Å². The Labute approximate surface area is 244 Å². The lowest BCUT2D eigenvalue weighted by atomic mass is 10.1. The molecule has 1 fully saturated rings. The van der Waals surface area contributed by atoms with Crippen molar-refractivity contribution in [3.05, 3.63) is 95.1 Å². The van der Waals surface area contributed by atoms with Crippen LogP contribution in [0.15, 0.2) is 77.7 Å². The molecule has 218 valence electrons. The lowest BCUT2D eigenvalue weighted by Gasteiger charge is -2.34. The van der Waals surface area contributed by atoms with Crippen LogP contribution in [-0.4, -0.2) is 43.8 Å². The third-order valence-corrected chi connectivity index (χ3v) is 9.74. The molecule has 0 spiro atoms. The van der Waals surface area contributed by atoms with Gasteiger partial charge in [0, 0.05) is 12.6 Å². The first-order valence-electron chi connectivity index (χ1n) is 14.4. The molecule has 8 heteroatoms. The maximum absolute atomic E-state index is 14.2. The Balaban J connectivity index is 1.72. The zero-order valence-electron chi connectivity index (χ0n) is 24.5. The Morgan fingerprint density at radius 3 is 2.17 bits per heavy atom. The number of hydrogen-bond donors (Lipinski definition) is 1. The summed E-state index contributed by atoms with van der Waals surface area (Å²) < 4.78 is 29.2. The number of nitrogens with zero attached hydrogens (tertiary/aromatic N) is 2. The highest BCUT2D eigenvalue weighted by molar-refractivity contribution is 7.92. The van der Waals surface area contributed by atoms with Crippen molar-refractivity contribution in [3.63, 3.8) is 0 Å². The molecule has 41 heavy (non-hydrogen) atoms. The van der Waals surface area contributed by atoms with Gasteiger partial charge in [-0.25, -0.2) is 8.42 Å². The lowest BCUT2D eigenvalue weighted by Crippen LogP contribution is -2.53. The van der Waals surface area contributed by atoms with Crippen LogP contribution in [0.1, 0.15) is 61.3 Å². The highest BCUT2D eigenvalue weighted by atomic mass is 32.2. The summed E-state index contributed by atoms with van der Waals surface area (Å²) in [5.74, 6) is -0.626. The maximum Gasteiger partial charge on any atom is 0.264 e. The van der Waals surface area contributed by atoms with Crippen molar-refractivity contribution in [2.75, 3.05) is 10.8 Å². The van der Waals surface area contributed by atoms with Crippen molar-refractivity contribution in [2.24, 2.45) is 0 Å². The van der Waals surface area contributed by atoms with Crippen LogP contribution in [0.25, 0.3) is 0 Å². The van der Waals surface area contributed by atoms with E-state index < -0.39 is 28.5 Å². The average molecular weight is 576 g/mol. The lowest BCUT2D eigenvalue weighted by molar-refractivity contribution is -0.140. The molecular weight excluding hydrogens is 534 g/mol. The molecular formula is C33H41N3O4S. The van der Waals surface area contributed by atoms with E-state index in [9.17, 15) is 18.0 Å². The predicted octanol–water partition coefficient (Wildman–Crippen LogP) is 5.67. The fraction of sp³-hybridized carbons (Fsp3) is 0.394. The maximum atomic E-state index is 14.2. The summed E-state index contributed by atoms with van der Waals surface area (Å²) in [5, 5.41) is 3.15. The number of carbonyl (C=O) groups excluding carboxylic acids is 2. The van der Waals surface area contributed by atoms with E-state index in [1.807, 2.05) is 64.1 Å². The first kappa shape index (κ1) is 30.3. The smallest absolute Gasteiger partial charge is 0.264 e. The van der Waals surface area contributed by atoms with Gasteiger partial charge in [-0.15, -0.1) is 0 Å². The second kappa shape index (κ2) is 13.3. The fourth-order valence-corrected chi connectivity index (χ4v) is 6.72. The summed E-state index contributed by atoms with van der Waals surface area (Å²) >= 11 is 0. The van der Waals surface area contributed by atoms with Crippen molar-refractivity contribution in [3.8, 4) is 0 Å². The van der Waals surface area contributed by atoms with Crippen molar-refractivity contribution in [1.29, 1.82) is 0 Å². The molecule has 0 heterocycles. The normalized spacial score (nSPS) is 14.4. The zero-order valence-corrected chi connectivity index (χ0v) is 25.3. The Bertz CT molecular complexity index is 1450. The third kappa shape index (κ3) is 7.36. The SMILES string of the molecule is CC[C@@H](C(=O)NC1CCCC1)N(Cc1ccccc1)C(=O)CN(c1ccc(C)c(C)c1)S(=O)(=O)c1ccc(C)cc1. The molecule has 0 bridgehead atoms. The molecule has 2 amide bonds. The number of rotatable bonds is 11. The van der Waals surface area contributed by atoms with E-state index in [0.717, 1.165) is 47.9 Å². The quantitative estimate of drug-likeness (QED) is 0.319. The van der Waals surface area contributed by atoms with Gasteiger partial charge in [0.1, 0.15) is 12.6 Å². The van der Waals surface area contributed by atoms with Crippen LogP contribution >= 0.6 is 0 Å². The number of carbonyl (C=O) groups is 2. The minimum absolute atomic E-state index is 0.106. The summed E-state index contributed by atoms with van der Waals surface area (Å²) in [6, 6.07) is 20.9. The Morgan fingerprint density at radius 1 is 0.902 bits per heavy atom. The van der Waals surface area contributed by atoms with Gasteiger partial charge in [-0.2, -0.15) is 0 Å². The van der Waals surface area contributed by atoms with E-state index >= 15 is 0 Å². The summed E-state index contributed by atoms with van der Waals surface area (Å²) in [7, 11) is -4.09. The monoisotopic (exact) mass is 575 g/mol. The van der Waals surface area contributed by atoms with Gasteiger partial charge in [0.05, 0.1) is 10.6 Å². The molecule has 1 N–H and O–H groups in total. The second-order valence-corrected chi connectivity index (χ2v) is 12.9. The summed E-state index contributed by atoms with van der Waals surface area (Å²) in [5.41, 5.74) is 4.15. The van der Waals surface area contributed by atoms with Crippen LogP contribution in [0.5, 0.6) is 0 Å². The first-order valence-corrected chi connectivity index (χ1v) is 15.8. The molecule has 4 rings (SSSR count). The van der Waals surface area contributed by atoms with Crippen molar-refractivity contribution in [1.82, 2.24) is 10.2 Å². The minimum atomic E-state index is -4.09. The van der Waals surface area contributed by atoms with Crippen LogP contribution in [0, 0.1) is 20.8 Å². The largest absolute Gasteiger partial charge is 0.352 e. The van der Waals surface area contributed by atoms with Gasteiger partial charge in [-0.1, -0.05) is 73.9 Å². The van der Waals surface area contributed by atoms with Crippen LogP contribution in [0.3, 0.4) is 0 Å². The number of anilines is 1. The summed E-state index contributed by atoms with van der Waals surface area (Å²) in [4.78, 5) is 29.4. The minimum Gasteiger partial charge on any atom is -0.352 e. The van der Waals surface area contributed by atoms with Crippen LogP contribution < -0.4 is 9.62 Å². The Kier molecular flexibility index (Phi) is 9.86. The number of sulfonamides is 1. The molecule has 1 aliphatic carbocycles. The third-order valence-electron chi connectivity index (χ3n) is 7.95. The molecule has 0 aromatic heterocycles. The first-order chi connectivity index (χ1) is 19.6. The molecule has 0 radical (unpaired) electrons. The molecule has 3 aromatic carbocycles. The topological polar surface area (TPSA) is 86.8 Å². The summed E-state index contributed by atoms with van der Waals surface area (Å²) in [6.45, 7) is 7.41.